The summed E-state index contributed by atoms with van der Waals surface area (Å²) in [6, 6.07) is 55.1. The van der Waals surface area contributed by atoms with Crippen LogP contribution in [0.3, 0.4) is 0 Å². The van der Waals surface area contributed by atoms with Gasteiger partial charge >= 0.3 is 0 Å². The normalized spacial score (nSPS) is 12.4. The van der Waals surface area contributed by atoms with Crippen molar-refractivity contribution in [3.05, 3.63) is 163 Å². The molecule has 0 bridgehead atoms. The van der Waals surface area contributed by atoms with Gasteiger partial charge in [0.1, 0.15) is 11.2 Å². The number of furan rings is 1. The molecule has 45 heavy (non-hydrogen) atoms. The Morgan fingerprint density at radius 2 is 0.956 bits per heavy atom. The van der Waals surface area contributed by atoms with Gasteiger partial charge in [0.25, 0.3) is 0 Å². The first kappa shape index (κ1) is 24.6. The molecule has 210 valence electrons. The molecule has 0 spiro atoms. The molecule has 0 N–H and O–H groups in total. The topological polar surface area (TPSA) is 18.1 Å². The number of benzene rings is 7. The Kier molecular flexibility index (Phi) is 5.09. The first-order chi connectivity index (χ1) is 22.3. The van der Waals surface area contributed by atoms with Gasteiger partial charge in [-0.25, -0.2) is 0 Å². The summed E-state index contributed by atoms with van der Waals surface area (Å²) in [5.41, 5.74) is 15.9. The summed E-state index contributed by atoms with van der Waals surface area (Å²) in [6.45, 7) is 0. The lowest BCUT2D eigenvalue weighted by Gasteiger charge is -2.10. The van der Waals surface area contributed by atoms with Crippen LogP contribution in [0.4, 0.5) is 0 Å². The second kappa shape index (κ2) is 9.32. The molecule has 1 aliphatic rings. The lowest BCUT2D eigenvalue weighted by atomic mass is 9.95. The third-order valence-corrected chi connectivity index (χ3v) is 9.62. The van der Waals surface area contributed by atoms with Gasteiger partial charge in [-0.15, -0.1) is 0 Å². The van der Waals surface area contributed by atoms with Crippen molar-refractivity contribution in [2.24, 2.45) is 0 Å². The minimum absolute atomic E-state index is 0.931. The molecule has 0 saturated carbocycles. The number of nitrogens with zero attached hydrogens (tertiary/aromatic N) is 1. The van der Waals surface area contributed by atoms with E-state index >= 15 is 0 Å². The fraction of sp³-hybridized carbons (Fsp3) is 0.0233. The fourth-order valence-electron chi connectivity index (χ4n) is 7.44. The van der Waals surface area contributed by atoms with E-state index in [-0.39, 0.29) is 0 Å². The largest absolute Gasteiger partial charge is 0.456 e. The highest BCUT2D eigenvalue weighted by molar-refractivity contribution is 6.10. The molecule has 7 aromatic carbocycles. The van der Waals surface area contributed by atoms with Gasteiger partial charge in [0.15, 0.2) is 0 Å². The molecular weight excluding hydrogens is 546 g/mol. The molecule has 9 aromatic rings. The van der Waals surface area contributed by atoms with Gasteiger partial charge in [-0.2, -0.15) is 0 Å². The van der Waals surface area contributed by atoms with Crippen LogP contribution in [0, 0.1) is 0 Å². The Bertz CT molecular complexity index is 2620. The lowest BCUT2D eigenvalue weighted by Crippen LogP contribution is -1.92. The molecule has 0 saturated heterocycles. The maximum atomic E-state index is 6.09. The first-order valence-corrected chi connectivity index (χ1v) is 15.6. The molecule has 10 rings (SSSR count). The number of hydrogen-bond donors (Lipinski definition) is 0. The van der Waals surface area contributed by atoms with Crippen molar-refractivity contribution >= 4 is 43.7 Å². The quantitative estimate of drug-likeness (QED) is 0.206. The molecule has 0 radical (unpaired) electrons. The van der Waals surface area contributed by atoms with E-state index in [1.165, 1.54) is 72.0 Å². The van der Waals surface area contributed by atoms with E-state index in [2.05, 4.69) is 144 Å². The van der Waals surface area contributed by atoms with Gasteiger partial charge in [0.2, 0.25) is 0 Å². The van der Waals surface area contributed by atoms with Crippen molar-refractivity contribution < 1.29 is 4.42 Å². The average molecular weight is 574 g/mol. The summed E-state index contributed by atoms with van der Waals surface area (Å²) < 4.78 is 8.47. The lowest BCUT2D eigenvalue weighted by molar-refractivity contribution is 0.669. The van der Waals surface area contributed by atoms with Crippen molar-refractivity contribution in [3.8, 4) is 39.1 Å². The van der Waals surface area contributed by atoms with Gasteiger partial charge in [0, 0.05) is 27.2 Å². The van der Waals surface area contributed by atoms with Gasteiger partial charge in [0.05, 0.1) is 11.0 Å². The molecule has 0 unspecified atom stereocenters. The molecule has 2 heterocycles. The van der Waals surface area contributed by atoms with Gasteiger partial charge in [-0.05, 0) is 112 Å². The van der Waals surface area contributed by atoms with Crippen LogP contribution in [0.2, 0.25) is 0 Å². The fourth-order valence-corrected chi connectivity index (χ4v) is 7.44. The first-order valence-electron chi connectivity index (χ1n) is 15.6. The Labute approximate surface area is 260 Å². The van der Waals surface area contributed by atoms with Crippen LogP contribution in [0.1, 0.15) is 11.1 Å². The Morgan fingerprint density at radius 1 is 0.400 bits per heavy atom. The summed E-state index contributed by atoms with van der Waals surface area (Å²) >= 11 is 0. The molecule has 0 aliphatic heterocycles. The SMILES string of the molecule is c1ccc(-n2c3ccccc3c3cc(-c4ccc5c(c4)-c4cc(-c6ccc7oc8ccccc8c7c6)ccc4C5)ccc32)cc1. The minimum atomic E-state index is 0.931. The Hall–Kier alpha value is -5.86. The summed E-state index contributed by atoms with van der Waals surface area (Å²) in [4.78, 5) is 0. The van der Waals surface area contributed by atoms with E-state index in [1.807, 2.05) is 12.1 Å². The zero-order chi connectivity index (χ0) is 29.5. The van der Waals surface area contributed by atoms with Crippen molar-refractivity contribution in [3.63, 3.8) is 0 Å². The van der Waals surface area contributed by atoms with Crippen LogP contribution in [0.5, 0.6) is 0 Å². The van der Waals surface area contributed by atoms with Gasteiger partial charge < -0.3 is 8.98 Å². The standard InChI is InChI=1S/C43H27NO/c1-2-8-33(9-3-1)44-40-12-6-4-10-34(40)38-25-29(18-20-41(38)44)27-14-16-31-22-32-17-15-28(24-37(32)36(31)23-27)30-19-21-43-39(26-30)35-11-5-7-13-42(35)45-43/h1-21,23-26H,22H2. The van der Waals surface area contributed by atoms with Crippen LogP contribution in [-0.4, -0.2) is 4.57 Å². The Balaban J connectivity index is 1.08. The number of aromatic nitrogens is 1. The molecular formula is C43H27NO. The highest BCUT2D eigenvalue weighted by Crippen LogP contribution is 2.42. The van der Waals surface area contributed by atoms with Crippen LogP contribution < -0.4 is 0 Å². The summed E-state index contributed by atoms with van der Waals surface area (Å²) in [6.07, 6.45) is 0.972. The number of fused-ring (bicyclic) bond motifs is 9. The maximum absolute atomic E-state index is 6.09. The Morgan fingerprint density at radius 3 is 1.73 bits per heavy atom. The molecule has 2 nitrogen and oxygen atoms in total. The van der Waals surface area contributed by atoms with Crippen molar-refractivity contribution in [1.29, 1.82) is 0 Å². The zero-order valence-electron chi connectivity index (χ0n) is 24.5. The number of hydrogen-bond acceptors (Lipinski definition) is 1. The molecule has 2 aromatic heterocycles. The van der Waals surface area contributed by atoms with Crippen molar-refractivity contribution in [1.82, 2.24) is 4.57 Å². The molecule has 1 aliphatic carbocycles. The highest BCUT2D eigenvalue weighted by Gasteiger charge is 2.21. The third kappa shape index (κ3) is 3.69. The van der Waals surface area contributed by atoms with Crippen LogP contribution in [-0.2, 0) is 6.42 Å². The van der Waals surface area contributed by atoms with E-state index < -0.39 is 0 Å². The molecule has 0 amide bonds. The van der Waals surface area contributed by atoms with E-state index in [9.17, 15) is 0 Å². The minimum Gasteiger partial charge on any atom is -0.456 e. The van der Waals surface area contributed by atoms with Crippen molar-refractivity contribution in [2.75, 3.05) is 0 Å². The van der Waals surface area contributed by atoms with Crippen LogP contribution in [0.25, 0.3) is 82.8 Å². The summed E-state index contributed by atoms with van der Waals surface area (Å²) in [5.74, 6) is 0. The number of para-hydroxylation sites is 3. The van der Waals surface area contributed by atoms with E-state index in [0.29, 0.717) is 0 Å². The summed E-state index contributed by atoms with van der Waals surface area (Å²) in [5, 5.41) is 4.87. The monoisotopic (exact) mass is 573 g/mol. The van der Waals surface area contributed by atoms with Crippen LogP contribution in [0.15, 0.2) is 156 Å². The predicted octanol–water partition coefficient (Wildman–Crippen LogP) is 11.6. The third-order valence-electron chi connectivity index (χ3n) is 9.62. The molecule has 0 fully saturated rings. The average Bonchev–Trinajstić information content (AvgIpc) is 3.77. The maximum Gasteiger partial charge on any atom is 0.135 e. The summed E-state index contributed by atoms with van der Waals surface area (Å²) in [7, 11) is 0. The molecule has 2 heteroatoms. The molecule has 0 atom stereocenters. The highest BCUT2D eigenvalue weighted by atomic mass is 16.3. The number of rotatable bonds is 3. The smallest absolute Gasteiger partial charge is 0.135 e. The zero-order valence-corrected chi connectivity index (χ0v) is 24.5. The van der Waals surface area contributed by atoms with Gasteiger partial charge in [-0.3, -0.25) is 0 Å². The second-order valence-electron chi connectivity index (χ2n) is 12.1. The van der Waals surface area contributed by atoms with E-state index in [1.54, 1.807) is 0 Å². The van der Waals surface area contributed by atoms with E-state index in [4.69, 9.17) is 4.42 Å². The second-order valence-corrected chi connectivity index (χ2v) is 12.1. The van der Waals surface area contributed by atoms with Crippen molar-refractivity contribution in [2.45, 2.75) is 6.42 Å². The van der Waals surface area contributed by atoms with Crippen LogP contribution >= 0.6 is 0 Å². The van der Waals surface area contributed by atoms with E-state index in [0.717, 1.165) is 28.4 Å². The predicted molar refractivity (Wildman–Crippen MR) is 187 cm³/mol. The van der Waals surface area contributed by atoms with Gasteiger partial charge in [-0.1, -0.05) is 91.0 Å².